The van der Waals surface area contributed by atoms with Crippen molar-refractivity contribution in [2.75, 3.05) is 13.1 Å². The summed E-state index contributed by atoms with van der Waals surface area (Å²) < 4.78 is 5.80. The Bertz CT molecular complexity index is 776. The maximum atomic E-state index is 12.6. The number of aryl methyl sites for hydroxylation is 1. The first-order chi connectivity index (χ1) is 11.5. The number of aromatic nitrogens is 1. The van der Waals surface area contributed by atoms with Crippen LogP contribution in [0, 0.1) is 6.92 Å². The molecule has 1 saturated heterocycles. The Hall–Kier alpha value is -2.89. The van der Waals surface area contributed by atoms with Crippen molar-refractivity contribution in [1.29, 1.82) is 0 Å². The average molecular weight is 325 g/mol. The van der Waals surface area contributed by atoms with Crippen LogP contribution in [0.3, 0.4) is 0 Å². The van der Waals surface area contributed by atoms with Gasteiger partial charge in [-0.1, -0.05) is 17.7 Å². The van der Waals surface area contributed by atoms with Crippen molar-refractivity contribution in [2.45, 2.75) is 19.4 Å². The van der Waals surface area contributed by atoms with E-state index >= 15 is 0 Å². The van der Waals surface area contributed by atoms with E-state index in [0.717, 1.165) is 5.56 Å². The lowest BCUT2D eigenvalue weighted by Gasteiger charge is -2.18. The first-order valence-electron chi connectivity index (χ1n) is 7.82. The summed E-state index contributed by atoms with van der Waals surface area (Å²) in [5.74, 6) is -0.371. The molecule has 2 heterocycles. The summed E-state index contributed by atoms with van der Waals surface area (Å²) in [6.07, 6.45) is 2.03. The van der Waals surface area contributed by atoms with Crippen LogP contribution in [-0.4, -0.2) is 40.9 Å². The van der Waals surface area contributed by atoms with Gasteiger partial charge in [0.15, 0.2) is 0 Å². The van der Waals surface area contributed by atoms with E-state index in [0.29, 0.717) is 25.1 Å². The number of hydrogen-bond acceptors (Lipinski definition) is 4. The number of primary amides is 1. The molecule has 3 rings (SSSR count). The number of rotatable bonds is 4. The molecule has 0 aliphatic carbocycles. The molecule has 1 atom stereocenters. The molecule has 2 N–H and O–H groups in total. The Morgan fingerprint density at radius 3 is 2.88 bits per heavy atom. The molecular formula is C18H19N3O3. The second-order valence-corrected chi connectivity index (χ2v) is 5.87. The number of benzene rings is 1. The molecule has 0 saturated carbocycles. The zero-order chi connectivity index (χ0) is 17.1. The van der Waals surface area contributed by atoms with Crippen molar-refractivity contribution < 1.29 is 14.3 Å². The van der Waals surface area contributed by atoms with Crippen molar-refractivity contribution in [3.8, 4) is 5.88 Å². The van der Waals surface area contributed by atoms with Gasteiger partial charge in [-0.15, -0.1) is 0 Å². The lowest BCUT2D eigenvalue weighted by atomic mass is 10.1. The first-order valence-corrected chi connectivity index (χ1v) is 7.82. The van der Waals surface area contributed by atoms with Gasteiger partial charge in [-0.2, -0.15) is 0 Å². The molecule has 0 spiro atoms. The van der Waals surface area contributed by atoms with Crippen LogP contribution < -0.4 is 10.5 Å². The van der Waals surface area contributed by atoms with E-state index in [1.807, 2.05) is 31.2 Å². The number of amides is 2. The van der Waals surface area contributed by atoms with E-state index in [4.69, 9.17) is 10.5 Å². The van der Waals surface area contributed by atoms with Gasteiger partial charge in [0.2, 0.25) is 5.88 Å². The highest BCUT2D eigenvalue weighted by molar-refractivity contribution is 5.95. The zero-order valence-electron chi connectivity index (χ0n) is 13.4. The van der Waals surface area contributed by atoms with Crippen LogP contribution in [0.2, 0.25) is 0 Å². The molecule has 1 aromatic heterocycles. The summed E-state index contributed by atoms with van der Waals surface area (Å²) in [5.41, 5.74) is 7.30. The van der Waals surface area contributed by atoms with Gasteiger partial charge in [-0.05, 0) is 31.2 Å². The number of ether oxygens (including phenoxy) is 1. The summed E-state index contributed by atoms with van der Waals surface area (Å²) in [7, 11) is 0. The largest absolute Gasteiger partial charge is 0.472 e. The monoisotopic (exact) mass is 325 g/mol. The number of carbonyl (C=O) groups excluding carboxylic acids is 2. The van der Waals surface area contributed by atoms with Crippen LogP contribution in [0.5, 0.6) is 5.88 Å². The number of nitrogens with zero attached hydrogens (tertiary/aromatic N) is 2. The van der Waals surface area contributed by atoms with Gasteiger partial charge < -0.3 is 15.4 Å². The molecule has 1 fully saturated rings. The zero-order valence-corrected chi connectivity index (χ0v) is 13.4. The fourth-order valence-corrected chi connectivity index (χ4v) is 2.80. The number of nitrogens with two attached hydrogens (primary N) is 1. The Balaban J connectivity index is 1.68. The fraction of sp³-hybridized carbons (Fsp3) is 0.278. The lowest BCUT2D eigenvalue weighted by molar-refractivity contribution is 0.0769. The highest BCUT2D eigenvalue weighted by Crippen LogP contribution is 2.21. The predicted octanol–water partition coefficient (Wildman–Crippen LogP) is 1.78. The van der Waals surface area contributed by atoms with E-state index in [-0.39, 0.29) is 23.5 Å². The van der Waals surface area contributed by atoms with Crippen molar-refractivity contribution in [3.63, 3.8) is 0 Å². The van der Waals surface area contributed by atoms with Crippen molar-refractivity contribution in [2.24, 2.45) is 5.73 Å². The highest BCUT2D eigenvalue weighted by Gasteiger charge is 2.29. The molecule has 124 valence electrons. The molecule has 0 radical (unpaired) electrons. The second kappa shape index (κ2) is 6.70. The fourth-order valence-electron chi connectivity index (χ4n) is 2.80. The normalized spacial score (nSPS) is 16.9. The highest BCUT2D eigenvalue weighted by atomic mass is 16.5. The Morgan fingerprint density at radius 2 is 2.12 bits per heavy atom. The maximum Gasteiger partial charge on any atom is 0.254 e. The van der Waals surface area contributed by atoms with Gasteiger partial charge in [0.1, 0.15) is 11.7 Å². The van der Waals surface area contributed by atoms with Crippen LogP contribution in [-0.2, 0) is 0 Å². The van der Waals surface area contributed by atoms with Gasteiger partial charge in [-0.3, -0.25) is 9.59 Å². The minimum Gasteiger partial charge on any atom is -0.472 e. The van der Waals surface area contributed by atoms with Gasteiger partial charge in [-0.25, -0.2) is 4.98 Å². The summed E-state index contributed by atoms with van der Waals surface area (Å²) in [5, 5.41) is 0. The topological polar surface area (TPSA) is 85.5 Å². The SMILES string of the molecule is Cc1cccc(C(=O)N2CCC(Oc3ncccc3C(N)=O)C2)c1. The summed E-state index contributed by atoms with van der Waals surface area (Å²) >= 11 is 0. The maximum absolute atomic E-state index is 12.6. The number of pyridine rings is 1. The molecular weight excluding hydrogens is 306 g/mol. The second-order valence-electron chi connectivity index (χ2n) is 5.87. The molecule has 6 heteroatoms. The van der Waals surface area contributed by atoms with Gasteiger partial charge in [0.05, 0.1) is 6.54 Å². The van der Waals surface area contributed by atoms with Crippen LogP contribution in [0.4, 0.5) is 0 Å². The molecule has 24 heavy (non-hydrogen) atoms. The third kappa shape index (κ3) is 3.37. The molecule has 1 aliphatic heterocycles. The van der Waals surface area contributed by atoms with E-state index < -0.39 is 5.91 Å². The smallest absolute Gasteiger partial charge is 0.254 e. The number of carbonyl (C=O) groups is 2. The van der Waals surface area contributed by atoms with Crippen molar-refractivity contribution >= 4 is 11.8 Å². The van der Waals surface area contributed by atoms with Crippen LogP contribution >= 0.6 is 0 Å². The van der Waals surface area contributed by atoms with E-state index in [1.165, 1.54) is 0 Å². The van der Waals surface area contributed by atoms with Crippen molar-refractivity contribution in [1.82, 2.24) is 9.88 Å². The van der Waals surface area contributed by atoms with Crippen LogP contribution in [0.25, 0.3) is 0 Å². The lowest BCUT2D eigenvalue weighted by Crippen LogP contribution is -2.31. The summed E-state index contributed by atoms with van der Waals surface area (Å²) in [4.78, 5) is 29.8. The van der Waals surface area contributed by atoms with Crippen molar-refractivity contribution in [3.05, 3.63) is 59.3 Å². The average Bonchev–Trinajstić information content (AvgIpc) is 3.03. The summed E-state index contributed by atoms with van der Waals surface area (Å²) in [6.45, 7) is 3.02. The van der Waals surface area contributed by atoms with Gasteiger partial charge in [0.25, 0.3) is 11.8 Å². The molecule has 0 bridgehead atoms. The minimum absolute atomic E-state index is 0.0130. The molecule has 1 aliphatic rings. The van der Waals surface area contributed by atoms with Crippen LogP contribution in [0.15, 0.2) is 42.6 Å². The third-order valence-electron chi connectivity index (χ3n) is 4.01. The number of hydrogen-bond donors (Lipinski definition) is 1. The molecule has 6 nitrogen and oxygen atoms in total. The minimum atomic E-state index is -0.580. The Labute approximate surface area is 140 Å². The number of likely N-dealkylation sites (tertiary alicyclic amines) is 1. The van der Waals surface area contributed by atoms with E-state index in [9.17, 15) is 9.59 Å². The standard InChI is InChI=1S/C18H19N3O3/c1-12-4-2-5-13(10-12)18(23)21-9-7-14(11-21)24-17-15(16(19)22)6-3-8-20-17/h2-6,8,10,14H,7,9,11H2,1H3,(H2,19,22). The Morgan fingerprint density at radius 1 is 1.29 bits per heavy atom. The summed E-state index contributed by atoms with van der Waals surface area (Å²) in [6, 6.07) is 10.7. The molecule has 2 aromatic rings. The van der Waals surface area contributed by atoms with E-state index in [2.05, 4.69) is 4.98 Å². The third-order valence-corrected chi connectivity index (χ3v) is 4.01. The van der Waals surface area contributed by atoms with Gasteiger partial charge in [0, 0.05) is 24.7 Å². The first kappa shape index (κ1) is 16.0. The predicted molar refractivity (Wildman–Crippen MR) is 88.9 cm³/mol. The van der Waals surface area contributed by atoms with Crippen LogP contribution in [0.1, 0.15) is 32.7 Å². The molecule has 2 amide bonds. The van der Waals surface area contributed by atoms with Gasteiger partial charge >= 0.3 is 0 Å². The quantitative estimate of drug-likeness (QED) is 0.928. The molecule has 1 aromatic carbocycles. The van der Waals surface area contributed by atoms with E-state index in [1.54, 1.807) is 23.2 Å². The Kier molecular flexibility index (Phi) is 4.46. The molecule has 1 unspecified atom stereocenters.